The Bertz CT molecular complexity index is 916. The van der Waals surface area contributed by atoms with Crippen molar-refractivity contribution in [3.8, 4) is 18.2 Å². The Balaban J connectivity index is 3.41. The van der Waals surface area contributed by atoms with E-state index in [1.807, 2.05) is 6.92 Å². The number of hydrogen-bond acceptors (Lipinski definition) is 5. The smallest absolute Gasteiger partial charge is 0.408 e. The number of hydrogen-bond donors (Lipinski definition) is 3. The van der Waals surface area contributed by atoms with Gasteiger partial charge in [0.05, 0.1) is 0 Å². The minimum atomic E-state index is -1.28. The Kier molecular flexibility index (Phi) is 11.6. The highest BCUT2D eigenvalue weighted by Crippen LogP contribution is 2.32. The maximum atomic E-state index is 13.7. The molecular weight excluding hydrogens is 446 g/mol. The number of unbranched alkanes of at least 4 members (excludes halogenated alkanes) is 2. The van der Waals surface area contributed by atoms with E-state index in [1.165, 1.54) is 0 Å². The summed E-state index contributed by atoms with van der Waals surface area (Å²) < 4.78 is 5.34. The summed E-state index contributed by atoms with van der Waals surface area (Å²) in [5, 5.41) is 16.2. The van der Waals surface area contributed by atoms with Gasteiger partial charge in [-0.15, -0.1) is 0 Å². The molecule has 194 valence electrons. The first-order valence-corrected chi connectivity index (χ1v) is 12.2. The van der Waals surface area contributed by atoms with E-state index < -0.39 is 35.6 Å². The van der Waals surface area contributed by atoms with Crippen LogP contribution in [0.1, 0.15) is 84.4 Å². The van der Waals surface area contributed by atoms with E-state index in [4.69, 9.17) is 11.2 Å². The summed E-state index contributed by atoms with van der Waals surface area (Å²) in [5.41, 5.74) is -0.00163. The lowest BCUT2D eigenvalue weighted by molar-refractivity contribution is -0.139. The van der Waals surface area contributed by atoms with Crippen molar-refractivity contribution in [3.63, 3.8) is 0 Å². The third kappa shape index (κ3) is 8.82. The molecule has 0 aliphatic carbocycles. The monoisotopic (exact) mass is 487 g/mol. The number of rotatable bonds is 11. The van der Waals surface area contributed by atoms with Crippen LogP contribution in [0.15, 0.2) is 18.2 Å². The highest BCUT2D eigenvalue weighted by molar-refractivity contribution is 5.93. The Morgan fingerprint density at radius 2 is 1.86 bits per heavy atom. The third-order valence-electron chi connectivity index (χ3n) is 5.68. The molecule has 0 radical (unpaired) electrons. The number of carbonyl (C=O) groups excluding carboxylic acids is 3. The number of phenols is 1. The minimum absolute atomic E-state index is 0.116. The summed E-state index contributed by atoms with van der Waals surface area (Å²) in [6, 6.07) is 4.97. The van der Waals surface area contributed by atoms with Crippen LogP contribution in [0.4, 0.5) is 4.79 Å². The predicted octanol–water partition coefficient (Wildman–Crippen LogP) is 4.41. The van der Waals surface area contributed by atoms with Gasteiger partial charge in [-0.3, -0.25) is 14.5 Å². The summed E-state index contributed by atoms with van der Waals surface area (Å²) in [4.78, 5) is 40.5. The molecule has 0 aromatic heterocycles. The first-order valence-electron chi connectivity index (χ1n) is 12.2. The van der Waals surface area contributed by atoms with E-state index in [9.17, 15) is 19.5 Å². The van der Waals surface area contributed by atoms with Gasteiger partial charge >= 0.3 is 6.09 Å². The molecule has 35 heavy (non-hydrogen) atoms. The topological polar surface area (TPSA) is 108 Å². The second kappa shape index (κ2) is 13.6. The number of aryl methyl sites for hydroxylation is 1. The first kappa shape index (κ1) is 29.8. The van der Waals surface area contributed by atoms with Gasteiger partial charge < -0.3 is 20.5 Å². The maximum Gasteiger partial charge on any atom is 0.408 e. The molecule has 8 nitrogen and oxygen atoms in total. The molecule has 3 amide bonds. The van der Waals surface area contributed by atoms with Gasteiger partial charge in [-0.05, 0) is 45.6 Å². The van der Waals surface area contributed by atoms with Crippen LogP contribution < -0.4 is 10.6 Å². The Morgan fingerprint density at radius 3 is 2.40 bits per heavy atom. The van der Waals surface area contributed by atoms with Crippen molar-refractivity contribution in [3.05, 3.63) is 29.3 Å². The zero-order valence-corrected chi connectivity index (χ0v) is 22.1. The number of phenolic OH excluding ortho intramolecular Hbond substituents is 1. The maximum absolute atomic E-state index is 13.7. The molecule has 1 aromatic carbocycles. The van der Waals surface area contributed by atoms with Crippen molar-refractivity contribution in [1.82, 2.24) is 15.5 Å². The van der Waals surface area contributed by atoms with Gasteiger partial charge in [-0.25, -0.2) is 4.79 Å². The van der Waals surface area contributed by atoms with Crippen LogP contribution >= 0.6 is 0 Å². The number of benzene rings is 1. The summed E-state index contributed by atoms with van der Waals surface area (Å²) >= 11 is 0. The molecule has 0 heterocycles. The highest BCUT2D eigenvalue weighted by atomic mass is 16.6. The van der Waals surface area contributed by atoms with E-state index >= 15 is 0 Å². The molecule has 0 aliphatic rings. The van der Waals surface area contributed by atoms with Crippen LogP contribution in [0.2, 0.25) is 0 Å². The fourth-order valence-corrected chi connectivity index (χ4v) is 3.52. The molecule has 3 N–H and O–H groups in total. The molecule has 1 aromatic rings. The summed E-state index contributed by atoms with van der Waals surface area (Å²) in [6.07, 6.45) is 8.28. The Morgan fingerprint density at radius 1 is 1.20 bits per heavy atom. The van der Waals surface area contributed by atoms with Gasteiger partial charge in [-0.1, -0.05) is 64.7 Å². The zero-order valence-electron chi connectivity index (χ0n) is 22.1. The van der Waals surface area contributed by atoms with Gasteiger partial charge in [0.25, 0.3) is 5.91 Å². The quantitative estimate of drug-likeness (QED) is 0.243. The van der Waals surface area contributed by atoms with E-state index in [2.05, 4.69) is 23.6 Å². The molecule has 0 bridgehead atoms. The lowest BCUT2D eigenvalue weighted by atomic mass is 9.95. The molecule has 3 atom stereocenters. The summed E-state index contributed by atoms with van der Waals surface area (Å²) in [7, 11) is 0. The average Bonchev–Trinajstić information content (AvgIpc) is 2.78. The Labute approximate surface area is 209 Å². The van der Waals surface area contributed by atoms with Gasteiger partial charge in [-0.2, -0.15) is 0 Å². The number of alkyl carbamates (subject to hydrolysis) is 1. The first-order chi connectivity index (χ1) is 16.4. The number of nitrogens with zero attached hydrogens (tertiary/aromatic N) is 1. The third-order valence-corrected chi connectivity index (χ3v) is 5.68. The molecule has 0 aliphatic heterocycles. The van der Waals surface area contributed by atoms with Crippen molar-refractivity contribution in [2.45, 2.75) is 91.8 Å². The van der Waals surface area contributed by atoms with Gasteiger partial charge in [0.2, 0.25) is 5.91 Å². The largest absolute Gasteiger partial charge is 0.507 e. The number of ether oxygens (including phenoxy) is 1. The number of para-hydroxylation sites is 1. The van der Waals surface area contributed by atoms with Gasteiger partial charge in [0.1, 0.15) is 17.4 Å². The SMILES string of the molecule is C#CN(C(=O)C(NC(=O)OC(C)(C)C)C(C)CC)C(C(=O)NCCCCC)c1cccc(C)c1O. The standard InChI is InChI=1S/C27H41N3O5/c1-9-12-13-17-28-24(32)22(20-16-14-15-19(5)23(20)31)30(11-3)25(33)21(18(4)10-2)29-26(34)35-27(6,7)8/h3,14-16,18,21-22,31H,9-10,12-13,17H2,1-2,4-8H3,(H,28,32)(H,29,34). The van der Waals surface area contributed by atoms with E-state index in [1.54, 1.807) is 52.8 Å². The van der Waals surface area contributed by atoms with Crippen molar-refractivity contribution >= 4 is 17.9 Å². The molecule has 1 rings (SSSR count). The molecule has 0 saturated heterocycles. The van der Waals surface area contributed by atoms with Crippen LogP contribution in [0.25, 0.3) is 0 Å². The summed E-state index contributed by atoms with van der Waals surface area (Å²) in [6.45, 7) is 13.0. The fourth-order valence-electron chi connectivity index (χ4n) is 3.52. The van der Waals surface area contributed by atoms with Gasteiger partial charge in [0.15, 0.2) is 6.04 Å². The minimum Gasteiger partial charge on any atom is -0.507 e. The van der Waals surface area contributed by atoms with Crippen molar-refractivity contribution < 1.29 is 24.2 Å². The van der Waals surface area contributed by atoms with Crippen molar-refractivity contribution in [1.29, 1.82) is 0 Å². The molecule has 3 unspecified atom stereocenters. The number of amides is 3. The van der Waals surface area contributed by atoms with Crippen LogP contribution in [-0.4, -0.2) is 46.1 Å². The average molecular weight is 488 g/mol. The van der Waals surface area contributed by atoms with Crippen molar-refractivity contribution in [2.75, 3.05) is 6.54 Å². The lowest BCUT2D eigenvalue weighted by Gasteiger charge is -2.32. The van der Waals surface area contributed by atoms with Crippen LogP contribution in [0, 0.1) is 25.3 Å². The van der Waals surface area contributed by atoms with E-state index in [-0.39, 0.29) is 17.2 Å². The van der Waals surface area contributed by atoms with Crippen LogP contribution in [0.3, 0.4) is 0 Å². The zero-order chi connectivity index (χ0) is 26.8. The van der Waals surface area contributed by atoms with E-state index in [0.717, 1.165) is 24.2 Å². The molecule has 0 spiro atoms. The van der Waals surface area contributed by atoms with Crippen molar-refractivity contribution in [2.24, 2.45) is 5.92 Å². The fraction of sp³-hybridized carbons (Fsp3) is 0.593. The number of carbonyl (C=O) groups is 3. The predicted molar refractivity (Wildman–Crippen MR) is 136 cm³/mol. The second-order valence-corrected chi connectivity index (χ2v) is 9.76. The molecular formula is C27H41N3O5. The Hall–Kier alpha value is -3.21. The lowest BCUT2D eigenvalue weighted by Crippen LogP contribution is -2.54. The number of nitrogens with one attached hydrogen (secondary N) is 2. The normalized spacial score (nSPS) is 13.7. The molecule has 0 fully saturated rings. The number of aromatic hydroxyl groups is 1. The number of terminal acetylenes is 1. The van der Waals surface area contributed by atoms with Crippen LogP contribution in [-0.2, 0) is 14.3 Å². The summed E-state index contributed by atoms with van der Waals surface area (Å²) in [5.74, 6) is -1.56. The van der Waals surface area contributed by atoms with Gasteiger partial charge in [0, 0.05) is 18.2 Å². The second-order valence-electron chi connectivity index (χ2n) is 9.76. The highest BCUT2D eigenvalue weighted by Gasteiger charge is 2.38. The van der Waals surface area contributed by atoms with E-state index in [0.29, 0.717) is 18.5 Å². The van der Waals surface area contributed by atoms with Crippen LogP contribution in [0.5, 0.6) is 5.75 Å². The molecule has 0 saturated carbocycles. The molecule has 8 heteroatoms.